The molecule has 7 nitrogen and oxygen atoms in total. The fourth-order valence-corrected chi connectivity index (χ4v) is 5.68. The Labute approximate surface area is 195 Å². The van der Waals surface area contributed by atoms with Crippen molar-refractivity contribution in [2.45, 2.75) is 72.6 Å². The van der Waals surface area contributed by atoms with Gasteiger partial charge in [0.15, 0.2) is 0 Å². The largest absolute Gasteiger partial charge is 0.462 e. The lowest BCUT2D eigenvalue weighted by atomic mass is 9.90. The lowest BCUT2D eigenvalue weighted by molar-refractivity contribution is -0.134. The first-order chi connectivity index (χ1) is 15.2. The summed E-state index contributed by atoms with van der Waals surface area (Å²) in [5, 5.41) is 6.46. The molecule has 1 aromatic rings. The number of anilines is 1. The van der Waals surface area contributed by atoms with E-state index >= 15 is 0 Å². The van der Waals surface area contributed by atoms with Crippen LogP contribution in [0.2, 0.25) is 0 Å². The average molecular weight is 464 g/mol. The number of carbonyl (C=O) groups excluding carboxylic acids is 3. The Morgan fingerprint density at radius 1 is 1.12 bits per heavy atom. The number of fused-ring (bicyclic) bond motifs is 1. The van der Waals surface area contributed by atoms with Gasteiger partial charge in [-0.15, -0.1) is 11.3 Å². The standard InChI is InChI=1S/C24H37N3O4S/c1-5-31-22(29)20-17-8-6-7-9-18(17)32-21(20)26-23(30)25-15-16-10-12-27(13-11-16)19(28)14-24(2,3)4/h16H,5-15H2,1-4H3,(H2,25,26,30). The number of nitrogens with zero attached hydrogens (tertiary/aromatic N) is 1. The van der Waals surface area contributed by atoms with Crippen molar-refractivity contribution in [3.8, 4) is 0 Å². The van der Waals surface area contributed by atoms with Crippen LogP contribution in [0.4, 0.5) is 9.80 Å². The number of urea groups is 1. The minimum absolute atomic E-state index is 0.00298. The van der Waals surface area contributed by atoms with Crippen LogP contribution in [0.15, 0.2) is 0 Å². The first kappa shape index (κ1) is 24.6. The highest BCUT2D eigenvalue weighted by atomic mass is 32.1. The van der Waals surface area contributed by atoms with Gasteiger partial charge in [0.1, 0.15) is 5.00 Å². The van der Waals surface area contributed by atoms with E-state index in [2.05, 4.69) is 31.4 Å². The Morgan fingerprint density at radius 2 is 1.81 bits per heavy atom. The molecule has 0 radical (unpaired) electrons. The second-order valence-electron chi connectivity index (χ2n) is 10.0. The molecule has 0 atom stereocenters. The van der Waals surface area contributed by atoms with E-state index in [1.807, 2.05) is 4.90 Å². The number of likely N-dealkylation sites (tertiary alicyclic amines) is 1. The maximum Gasteiger partial charge on any atom is 0.341 e. The molecule has 3 rings (SSSR count). The van der Waals surface area contributed by atoms with Crippen molar-refractivity contribution in [3.63, 3.8) is 0 Å². The molecule has 178 valence electrons. The number of rotatable bonds is 6. The molecule has 1 aliphatic carbocycles. The van der Waals surface area contributed by atoms with E-state index in [-0.39, 0.29) is 23.3 Å². The van der Waals surface area contributed by atoms with Gasteiger partial charge in [-0.05, 0) is 62.3 Å². The Hall–Kier alpha value is -2.09. The molecule has 1 saturated heterocycles. The summed E-state index contributed by atoms with van der Waals surface area (Å²) in [6.45, 7) is 10.4. The van der Waals surface area contributed by atoms with Crippen molar-refractivity contribution in [1.82, 2.24) is 10.2 Å². The van der Waals surface area contributed by atoms with Crippen LogP contribution in [-0.2, 0) is 22.4 Å². The molecule has 2 heterocycles. The highest BCUT2D eigenvalue weighted by molar-refractivity contribution is 7.17. The highest BCUT2D eigenvalue weighted by Crippen LogP contribution is 2.38. The van der Waals surface area contributed by atoms with Gasteiger partial charge in [0.2, 0.25) is 5.91 Å². The Morgan fingerprint density at radius 3 is 2.47 bits per heavy atom. The summed E-state index contributed by atoms with van der Waals surface area (Å²) in [6, 6.07) is -0.291. The van der Waals surface area contributed by atoms with E-state index < -0.39 is 0 Å². The van der Waals surface area contributed by atoms with Crippen molar-refractivity contribution in [2.75, 3.05) is 31.6 Å². The molecule has 0 spiro atoms. The molecule has 2 N–H and O–H groups in total. The van der Waals surface area contributed by atoms with Crippen molar-refractivity contribution in [1.29, 1.82) is 0 Å². The normalized spacial score (nSPS) is 16.9. The number of piperidine rings is 1. The van der Waals surface area contributed by atoms with Crippen molar-refractivity contribution < 1.29 is 19.1 Å². The molecule has 0 saturated carbocycles. The number of aryl methyl sites for hydroxylation is 1. The Balaban J connectivity index is 1.51. The number of esters is 1. The lowest BCUT2D eigenvalue weighted by Crippen LogP contribution is -2.43. The van der Waals surface area contributed by atoms with E-state index in [0.29, 0.717) is 36.1 Å². The molecular formula is C24H37N3O4S. The van der Waals surface area contributed by atoms with Crippen LogP contribution in [0.25, 0.3) is 0 Å². The number of ether oxygens (including phenoxy) is 1. The van der Waals surface area contributed by atoms with Gasteiger partial charge in [-0.1, -0.05) is 20.8 Å². The first-order valence-corrected chi connectivity index (χ1v) is 12.6. The van der Waals surface area contributed by atoms with Gasteiger partial charge < -0.3 is 15.0 Å². The van der Waals surface area contributed by atoms with Crippen LogP contribution in [0.5, 0.6) is 0 Å². The number of carbonyl (C=O) groups is 3. The zero-order valence-electron chi connectivity index (χ0n) is 19.8. The molecule has 2 aliphatic rings. The Bertz CT molecular complexity index is 835. The number of nitrogens with one attached hydrogen (secondary N) is 2. The molecule has 0 aromatic carbocycles. The second kappa shape index (κ2) is 10.7. The van der Waals surface area contributed by atoms with Gasteiger partial charge >= 0.3 is 12.0 Å². The van der Waals surface area contributed by atoms with Crippen molar-refractivity contribution >= 4 is 34.2 Å². The predicted molar refractivity (Wildman–Crippen MR) is 127 cm³/mol. The third kappa shape index (κ3) is 6.47. The van der Waals surface area contributed by atoms with Crippen molar-refractivity contribution in [2.24, 2.45) is 11.3 Å². The van der Waals surface area contributed by atoms with Crippen LogP contribution in [0.1, 0.15) is 80.6 Å². The van der Waals surface area contributed by atoms with Crippen LogP contribution in [-0.4, -0.2) is 49.0 Å². The summed E-state index contributed by atoms with van der Waals surface area (Å²) in [7, 11) is 0. The molecule has 0 unspecified atom stereocenters. The Kier molecular flexibility index (Phi) is 8.20. The fourth-order valence-electron chi connectivity index (χ4n) is 4.41. The summed E-state index contributed by atoms with van der Waals surface area (Å²) in [4.78, 5) is 40.7. The lowest BCUT2D eigenvalue weighted by Gasteiger charge is -2.33. The molecule has 1 aromatic heterocycles. The topological polar surface area (TPSA) is 87.7 Å². The van der Waals surface area contributed by atoms with Crippen LogP contribution in [0.3, 0.4) is 0 Å². The average Bonchev–Trinajstić information content (AvgIpc) is 3.09. The summed E-state index contributed by atoms with van der Waals surface area (Å²) < 4.78 is 5.25. The van der Waals surface area contributed by atoms with Crippen LogP contribution >= 0.6 is 11.3 Å². The van der Waals surface area contributed by atoms with E-state index in [4.69, 9.17) is 4.74 Å². The van der Waals surface area contributed by atoms with E-state index in [1.165, 1.54) is 16.2 Å². The molecule has 32 heavy (non-hydrogen) atoms. The van der Waals surface area contributed by atoms with Gasteiger partial charge in [0.25, 0.3) is 0 Å². The zero-order chi connectivity index (χ0) is 23.3. The molecule has 0 bridgehead atoms. The molecular weight excluding hydrogens is 426 g/mol. The van der Waals surface area contributed by atoms with Gasteiger partial charge in [-0.3, -0.25) is 10.1 Å². The monoisotopic (exact) mass is 463 g/mol. The van der Waals surface area contributed by atoms with Crippen molar-refractivity contribution in [3.05, 3.63) is 16.0 Å². The van der Waals surface area contributed by atoms with E-state index in [0.717, 1.165) is 57.2 Å². The number of hydrogen-bond acceptors (Lipinski definition) is 5. The number of thiophene rings is 1. The van der Waals surface area contributed by atoms with Gasteiger partial charge in [0, 0.05) is 30.9 Å². The quantitative estimate of drug-likeness (QED) is 0.604. The fraction of sp³-hybridized carbons (Fsp3) is 0.708. The minimum Gasteiger partial charge on any atom is -0.462 e. The van der Waals surface area contributed by atoms with E-state index in [9.17, 15) is 14.4 Å². The first-order valence-electron chi connectivity index (χ1n) is 11.8. The SMILES string of the molecule is CCOC(=O)c1c(NC(=O)NCC2CCN(C(=O)CC(C)(C)C)CC2)sc2c1CCCC2. The maximum atomic E-state index is 12.6. The van der Waals surface area contributed by atoms with E-state index in [1.54, 1.807) is 6.92 Å². The molecule has 8 heteroatoms. The van der Waals surface area contributed by atoms with Crippen LogP contribution < -0.4 is 10.6 Å². The third-order valence-electron chi connectivity index (χ3n) is 6.08. The smallest absolute Gasteiger partial charge is 0.341 e. The highest BCUT2D eigenvalue weighted by Gasteiger charge is 2.28. The van der Waals surface area contributed by atoms with Crippen LogP contribution in [0, 0.1) is 11.3 Å². The third-order valence-corrected chi connectivity index (χ3v) is 7.29. The number of hydrogen-bond donors (Lipinski definition) is 2. The summed E-state index contributed by atoms with van der Waals surface area (Å²) in [5.74, 6) is 0.213. The second-order valence-corrected chi connectivity index (χ2v) is 11.1. The molecule has 3 amide bonds. The molecule has 1 fully saturated rings. The zero-order valence-corrected chi connectivity index (χ0v) is 20.7. The minimum atomic E-state index is -0.352. The summed E-state index contributed by atoms with van der Waals surface area (Å²) >= 11 is 1.50. The maximum absolute atomic E-state index is 12.6. The summed E-state index contributed by atoms with van der Waals surface area (Å²) in [6.07, 6.45) is 6.30. The van der Waals surface area contributed by atoms with Gasteiger partial charge in [-0.25, -0.2) is 9.59 Å². The van der Waals surface area contributed by atoms with Gasteiger partial charge in [-0.2, -0.15) is 0 Å². The van der Waals surface area contributed by atoms with Gasteiger partial charge in [0.05, 0.1) is 12.2 Å². The predicted octanol–water partition coefficient (Wildman–Crippen LogP) is 4.60. The summed E-state index contributed by atoms with van der Waals surface area (Å²) in [5.41, 5.74) is 1.58. The number of amides is 3. The molecule has 1 aliphatic heterocycles.